The molecule has 0 spiro atoms. The minimum absolute atomic E-state index is 0.0758. The number of allylic oxidation sites excluding steroid dienone is 1. The van der Waals surface area contributed by atoms with Crippen LogP contribution in [-0.4, -0.2) is 40.0 Å². The minimum atomic E-state index is 0.0758. The summed E-state index contributed by atoms with van der Waals surface area (Å²) in [7, 11) is 0. The zero-order valence-corrected chi connectivity index (χ0v) is 10.5. The van der Waals surface area contributed by atoms with Gasteiger partial charge in [-0.15, -0.1) is 0 Å². The van der Waals surface area contributed by atoms with Gasteiger partial charge >= 0.3 is 6.01 Å². The SMILES string of the molecule is C/C=C/C(=O)N1CCC(Oc2ncccn2)CC1. The third-order valence-electron chi connectivity index (χ3n) is 2.88. The largest absolute Gasteiger partial charge is 0.460 e. The highest BCUT2D eigenvalue weighted by molar-refractivity contribution is 5.87. The first-order chi connectivity index (χ1) is 8.79. The van der Waals surface area contributed by atoms with E-state index in [0.717, 1.165) is 25.9 Å². The molecule has 0 aromatic carbocycles. The predicted molar refractivity (Wildman–Crippen MR) is 67.1 cm³/mol. The lowest BCUT2D eigenvalue weighted by Gasteiger charge is -2.30. The third kappa shape index (κ3) is 3.29. The number of nitrogens with zero attached hydrogens (tertiary/aromatic N) is 3. The van der Waals surface area contributed by atoms with E-state index in [4.69, 9.17) is 4.74 Å². The van der Waals surface area contributed by atoms with Gasteiger partial charge in [-0.25, -0.2) is 9.97 Å². The number of rotatable bonds is 3. The van der Waals surface area contributed by atoms with E-state index in [0.29, 0.717) is 6.01 Å². The molecule has 0 aliphatic carbocycles. The van der Waals surface area contributed by atoms with Crippen LogP contribution < -0.4 is 4.74 Å². The van der Waals surface area contributed by atoms with Crippen molar-refractivity contribution in [1.29, 1.82) is 0 Å². The van der Waals surface area contributed by atoms with E-state index in [9.17, 15) is 4.79 Å². The molecule has 1 aliphatic rings. The number of hydrogen-bond acceptors (Lipinski definition) is 4. The highest BCUT2D eigenvalue weighted by Gasteiger charge is 2.23. The summed E-state index contributed by atoms with van der Waals surface area (Å²) in [4.78, 5) is 21.5. The van der Waals surface area contributed by atoms with Gasteiger partial charge < -0.3 is 9.64 Å². The summed E-state index contributed by atoms with van der Waals surface area (Å²) in [5.41, 5.74) is 0. The van der Waals surface area contributed by atoms with Crippen LogP contribution in [0.25, 0.3) is 0 Å². The Morgan fingerprint density at radius 2 is 2.06 bits per heavy atom. The zero-order chi connectivity index (χ0) is 12.8. The highest BCUT2D eigenvalue weighted by atomic mass is 16.5. The molecule has 5 heteroatoms. The molecule has 1 amide bonds. The van der Waals surface area contributed by atoms with Crippen LogP contribution in [-0.2, 0) is 4.79 Å². The number of amides is 1. The first-order valence-electron chi connectivity index (χ1n) is 6.15. The second kappa shape index (κ2) is 6.14. The molecular formula is C13H17N3O2. The van der Waals surface area contributed by atoms with Crippen molar-refractivity contribution in [2.24, 2.45) is 0 Å². The molecular weight excluding hydrogens is 230 g/mol. The van der Waals surface area contributed by atoms with Crippen molar-refractivity contribution < 1.29 is 9.53 Å². The maximum Gasteiger partial charge on any atom is 0.316 e. The van der Waals surface area contributed by atoms with Crippen molar-refractivity contribution >= 4 is 5.91 Å². The van der Waals surface area contributed by atoms with Crippen LogP contribution in [0.4, 0.5) is 0 Å². The molecule has 18 heavy (non-hydrogen) atoms. The number of likely N-dealkylation sites (tertiary alicyclic amines) is 1. The van der Waals surface area contributed by atoms with Gasteiger partial charge in [0.15, 0.2) is 0 Å². The third-order valence-corrected chi connectivity index (χ3v) is 2.88. The fraction of sp³-hybridized carbons (Fsp3) is 0.462. The maximum absolute atomic E-state index is 11.6. The van der Waals surface area contributed by atoms with Crippen LogP contribution >= 0.6 is 0 Å². The van der Waals surface area contributed by atoms with Crippen LogP contribution in [0.3, 0.4) is 0 Å². The summed E-state index contributed by atoms with van der Waals surface area (Å²) in [6.45, 7) is 3.29. The molecule has 1 aromatic heterocycles. The van der Waals surface area contributed by atoms with Gasteiger partial charge in [0, 0.05) is 38.3 Å². The van der Waals surface area contributed by atoms with Gasteiger partial charge in [-0.1, -0.05) is 6.08 Å². The summed E-state index contributed by atoms with van der Waals surface area (Å²) in [5, 5.41) is 0. The molecule has 1 saturated heterocycles. The molecule has 0 N–H and O–H groups in total. The van der Waals surface area contributed by atoms with Crippen molar-refractivity contribution in [2.75, 3.05) is 13.1 Å². The van der Waals surface area contributed by atoms with Crippen LogP contribution in [0, 0.1) is 0 Å². The minimum Gasteiger partial charge on any atom is -0.460 e. The Morgan fingerprint density at radius 3 is 2.67 bits per heavy atom. The molecule has 1 aromatic rings. The fourth-order valence-electron chi connectivity index (χ4n) is 1.94. The first-order valence-corrected chi connectivity index (χ1v) is 6.15. The number of carbonyl (C=O) groups is 1. The smallest absolute Gasteiger partial charge is 0.316 e. The van der Waals surface area contributed by atoms with Gasteiger partial charge in [0.05, 0.1) is 0 Å². The second-order valence-electron chi connectivity index (χ2n) is 4.17. The molecule has 2 rings (SSSR count). The van der Waals surface area contributed by atoms with Gasteiger partial charge in [-0.3, -0.25) is 4.79 Å². The summed E-state index contributed by atoms with van der Waals surface area (Å²) in [6.07, 6.45) is 8.43. The maximum atomic E-state index is 11.6. The summed E-state index contributed by atoms with van der Waals surface area (Å²) < 4.78 is 5.67. The Balaban J connectivity index is 1.82. The first kappa shape index (κ1) is 12.5. The Labute approximate surface area is 106 Å². The van der Waals surface area contributed by atoms with E-state index in [1.54, 1.807) is 30.6 Å². The van der Waals surface area contributed by atoms with Gasteiger partial charge in [-0.05, 0) is 19.1 Å². The quantitative estimate of drug-likeness (QED) is 0.758. The molecule has 1 aliphatic heterocycles. The van der Waals surface area contributed by atoms with E-state index in [-0.39, 0.29) is 12.0 Å². The second-order valence-corrected chi connectivity index (χ2v) is 4.17. The van der Waals surface area contributed by atoms with Crippen molar-refractivity contribution in [3.05, 3.63) is 30.6 Å². The molecule has 0 bridgehead atoms. The summed E-state index contributed by atoms with van der Waals surface area (Å²) >= 11 is 0. The monoisotopic (exact) mass is 247 g/mol. The van der Waals surface area contributed by atoms with Crippen molar-refractivity contribution in [2.45, 2.75) is 25.9 Å². The molecule has 1 fully saturated rings. The number of piperidine rings is 1. The zero-order valence-electron chi connectivity index (χ0n) is 10.5. The molecule has 0 radical (unpaired) electrons. The Kier molecular flexibility index (Phi) is 4.28. The lowest BCUT2D eigenvalue weighted by molar-refractivity contribution is -0.127. The van der Waals surface area contributed by atoms with Gasteiger partial charge in [-0.2, -0.15) is 0 Å². The number of carbonyl (C=O) groups excluding carboxylic acids is 1. The lowest BCUT2D eigenvalue weighted by Crippen LogP contribution is -2.41. The van der Waals surface area contributed by atoms with E-state index < -0.39 is 0 Å². The van der Waals surface area contributed by atoms with Crippen molar-refractivity contribution in [3.63, 3.8) is 0 Å². The van der Waals surface area contributed by atoms with Crippen molar-refractivity contribution in [1.82, 2.24) is 14.9 Å². The molecule has 5 nitrogen and oxygen atoms in total. The predicted octanol–water partition coefficient (Wildman–Crippen LogP) is 1.42. The standard InChI is InChI=1S/C13H17N3O2/c1-2-4-12(17)16-9-5-11(6-10-16)18-13-14-7-3-8-15-13/h2-4,7-8,11H,5-6,9-10H2,1H3/b4-2+. The summed E-state index contributed by atoms with van der Waals surface area (Å²) in [5.74, 6) is 0.0758. The van der Waals surface area contributed by atoms with Crippen LogP contribution in [0.15, 0.2) is 30.6 Å². The molecule has 0 atom stereocenters. The highest BCUT2D eigenvalue weighted by Crippen LogP contribution is 2.15. The van der Waals surface area contributed by atoms with E-state index in [1.807, 2.05) is 11.8 Å². The average Bonchev–Trinajstić information content (AvgIpc) is 2.41. The van der Waals surface area contributed by atoms with Crippen molar-refractivity contribution in [3.8, 4) is 6.01 Å². The molecule has 2 heterocycles. The Hall–Kier alpha value is -1.91. The average molecular weight is 247 g/mol. The fourth-order valence-corrected chi connectivity index (χ4v) is 1.94. The van der Waals surface area contributed by atoms with Crippen LogP contribution in [0.5, 0.6) is 6.01 Å². The number of hydrogen-bond donors (Lipinski definition) is 0. The Bertz CT molecular complexity index is 412. The van der Waals surface area contributed by atoms with E-state index >= 15 is 0 Å². The van der Waals surface area contributed by atoms with Gasteiger partial charge in [0.1, 0.15) is 6.10 Å². The van der Waals surface area contributed by atoms with E-state index in [1.165, 1.54) is 0 Å². The Morgan fingerprint density at radius 1 is 1.39 bits per heavy atom. The van der Waals surface area contributed by atoms with Crippen LogP contribution in [0.2, 0.25) is 0 Å². The molecule has 0 unspecified atom stereocenters. The van der Waals surface area contributed by atoms with Gasteiger partial charge in [0.2, 0.25) is 5.91 Å². The van der Waals surface area contributed by atoms with Crippen LogP contribution in [0.1, 0.15) is 19.8 Å². The molecule has 96 valence electrons. The van der Waals surface area contributed by atoms with Gasteiger partial charge in [0.25, 0.3) is 0 Å². The molecule has 0 saturated carbocycles. The topological polar surface area (TPSA) is 55.3 Å². The normalized spacial score (nSPS) is 17.1. The summed E-state index contributed by atoms with van der Waals surface area (Å²) in [6, 6.07) is 2.17. The van der Waals surface area contributed by atoms with E-state index in [2.05, 4.69) is 9.97 Å². The number of ether oxygens (including phenoxy) is 1. The number of aromatic nitrogens is 2. The lowest BCUT2D eigenvalue weighted by atomic mass is 10.1.